The number of carbonyl (C=O) groups excluding carboxylic acids is 1. The smallest absolute Gasteiger partial charge is 0.235 e. The molecule has 0 aliphatic rings. The number of nitrogens with zero attached hydrogens (tertiary/aromatic N) is 1. The van der Waals surface area contributed by atoms with Crippen LogP contribution < -0.4 is 0 Å². The maximum absolute atomic E-state index is 12.4. The van der Waals surface area contributed by atoms with Crippen molar-refractivity contribution in [1.29, 1.82) is 0 Å². The van der Waals surface area contributed by atoms with Crippen LogP contribution in [0.2, 0.25) is 5.02 Å². The zero-order valence-corrected chi connectivity index (χ0v) is 14.4. The predicted octanol–water partition coefficient (Wildman–Crippen LogP) is 4.62. The van der Waals surface area contributed by atoms with Gasteiger partial charge in [0, 0.05) is 24.4 Å². The minimum Gasteiger partial charge on any atom is -0.340 e. The Morgan fingerprint density at radius 2 is 1.73 bits per heavy atom. The van der Waals surface area contributed by atoms with Gasteiger partial charge in [-0.2, -0.15) is 0 Å². The number of rotatable bonds is 6. The molecule has 1 atom stereocenters. The normalized spacial score (nSPS) is 12.0. The van der Waals surface area contributed by atoms with E-state index in [0.717, 1.165) is 11.3 Å². The van der Waals surface area contributed by atoms with Gasteiger partial charge in [-0.05, 0) is 30.2 Å². The van der Waals surface area contributed by atoms with Crippen molar-refractivity contribution in [3.05, 3.63) is 70.7 Å². The van der Waals surface area contributed by atoms with Crippen LogP contribution in [0.1, 0.15) is 18.1 Å². The first-order valence-electron chi connectivity index (χ1n) is 7.21. The standard InChI is InChI=1S/C18H20ClNOS/c1-14(22-13-16-6-4-3-5-7-16)18(21)20(2)12-15-8-10-17(19)11-9-15/h3-11,14H,12-13H2,1-2H3/t14-/m0/s1. The van der Waals surface area contributed by atoms with E-state index in [0.29, 0.717) is 11.6 Å². The number of carbonyl (C=O) groups is 1. The largest absolute Gasteiger partial charge is 0.340 e. The highest BCUT2D eigenvalue weighted by atomic mass is 35.5. The highest BCUT2D eigenvalue weighted by molar-refractivity contribution is 7.99. The summed E-state index contributed by atoms with van der Waals surface area (Å²) in [4.78, 5) is 14.2. The topological polar surface area (TPSA) is 20.3 Å². The van der Waals surface area contributed by atoms with Gasteiger partial charge in [-0.15, -0.1) is 11.8 Å². The van der Waals surface area contributed by atoms with E-state index >= 15 is 0 Å². The van der Waals surface area contributed by atoms with Gasteiger partial charge < -0.3 is 4.90 Å². The second-order valence-corrected chi connectivity index (χ2v) is 7.03. The molecule has 2 aromatic rings. The summed E-state index contributed by atoms with van der Waals surface area (Å²) in [6, 6.07) is 17.8. The van der Waals surface area contributed by atoms with E-state index in [-0.39, 0.29) is 11.2 Å². The molecule has 4 heteroatoms. The van der Waals surface area contributed by atoms with Gasteiger partial charge >= 0.3 is 0 Å². The van der Waals surface area contributed by atoms with Crippen molar-refractivity contribution in [2.75, 3.05) is 7.05 Å². The van der Waals surface area contributed by atoms with Gasteiger partial charge in [-0.3, -0.25) is 4.79 Å². The summed E-state index contributed by atoms with van der Waals surface area (Å²) in [6.07, 6.45) is 0. The third-order valence-corrected chi connectivity index (χ3v) is 4.85. The van der Waals surface area contributed by atoms with Gasteiger partial charge in [0.05, 0.1) is 5.25 Å². The fourth-order valence-electron chi connectivity index (χ4n) is 2.12. The molecule has 0 bridgehead atoms. The molecular formula is C18H20ClNOS. The number of benzene rings is 2. The summed E-state index contributed by atoms with van der Waals surface area (Å²) in [5.74, 6) is 0.999. The highest BCUT2D eigenvalue weighted by Gasteiger charge is 2.18. The fraction of sp³-hybridized carbons (Fsp3) is 0.278. The molecule has 0 radical (unpaired) electrons. The second-order valence-electron chi connectivity index (χ2n) is 5.26. The van der Waals surface area contributed by atoms with Crippen molar-refractivity contribution < 1.29 is 4.79 Å². The number of halogens is 1. The van der Waals surface area contributed by atoms with Crippen LogP contribution in [-0.2, 0) is 17.1 Å². The third kappa shape index (κ3) is 5.08. The molecule has 1 amide bonds. The maximum atomic E-state index is 12.4. The van der Waals surface area contributed by atoms with Crippen molar-refractivity contribution >= 4 is 29.3 Å². The summed E-state index contributed by atoms with van der Waals surface area (Å²) in [5, 5.41) is 0.655. The molecule has 22 heavy (non-hydrogen) atoms. The van der Waals surface area contributed by atoms with Gasteiger partial charge in [0.2, 0.25) is 5.91 Å². The van der Waals surface area contributed by atoms with Crippen molar-refractivity contribution in [3.63, 3.8) is 0 Å². The van der Waals surface area contributed by atoms with Crippen LogP contribution in [0, 0.1) is 0 Å². The molecule has 0 spiro atoms. The molecular weight excluding hydrogens is 314 g/mol. The van der Waals surface area contributed by atoms with Crippen LogP contribution in [0.15, 0.2) is 54.6 Å². The van der Waals surface area contributed by atoms with E-state index in [1.54, 1.807) is 16.7 Å². The average molecular weight is 334 g/mol. The lowest BCUT2D eigenvalue weighted by Crippen LogP contribution is -2.32. The molecule has 0 heterocycles. The Hall–Kier alpha value is -1.45. The predicted molar refractivity (Wildman–Crippen MR) is 95.1 cm³/mol. The van der Waals surface area contributed by atoms with Gasteiger partial charge in [0.25, 0.3) is 0 Å². The minimum atomic E-state index is -0.0579. The molecule has 0 aliphatic carbocycles. The van der Waals surface area contributed by atoms with Gasteiger partial charge in [-0.1, -0.05) is 54.1 Å². The second kappa shape index (κ2) is 8.25. The molecule has 0 fully saturated rings. The first kappa shape index (κ1) is 16.9. The van der Waals surface area contributed by atoms with Crippen LogP contribution >= 0.6 is 23.4 Å². The Morgan fingerprint density at radius 1 is 1.09 bits per heavy atom. The van der Waals surface area contributed by atoms with E-state index < -0.39 is 0 Å². The highest BCUT2D eigenvalue weighted by Crippen LogP contribution is 2.20. The molecule has 0 unspecified atom stereocenters. The molecule has 2 rings (SSSR count). The maximum Gasteiger partial charge on any atom is 0.235 e. The summed E-state index contributed by atoms with van der Waals surface area (Å²) in [6.45, 7) is 2.57. The lowest BCUT2D eigenvalue weighted by atomic mass is 10.2. The van der Waals surface area contributed by atoms with Gasteiger partial charge in [0.15, 0.2) is 0 Å². The Balaban J connectivity index is 1.85. The molecule has 0 saturated heterocycles. The van der Waals surface area contributed by atoms with E-state index in [1.165, 1.54) is 5.56 Å². The van der Waals surface area contributed by atoms with Crippen molar-refractivity contribution in [1.82, 2.24) is 4.90 Å². The summed E-state index contributed by atoms with van der Waals surface area (Å²) in [7, 11) is 1.84. The quantitative estimate of drug-likeness (QED) is 0.768. The van der Waals surface area contributed by atoms with Crippen LogP contribution in [0.4, 0.5) is 0 Å². The van der Waals surface area contributed by atoms with Crippen molar-refractivity contribution in [3.8, 4) is 0 Å². The average Bonchev–Trinajstić information content (AvgIpc) is 2.55. The summed E-state index contributed by atoms with van der Waals surface area (Å²) >= 11 is 7.54. The molecule has 0 N–H and O–H groups in total. The van der Waals surface area contributed by atoms with E-state index in [4.69, 9.17) is 11.6 Å². The lowest BCUT2D eigenvalue weighted by molar-refractivity contribution is -0.129. The Labute approximate surface area is 141 Å². The summed E-state index contributed by atoms with van der Waals surface area (Å²) < 4.78 is 0. The fourth-order valence-corrected chi connectivity index (χ4v) is 3.20. The molecule has 116 valence electrons. The lowest BCUT2D eigenvalue weighted by Gasteiger charge is -2.21. The third-order valence-electron chi connectivity index (χ3n) is 3.40. The van der Waals surface area contributed by atoms with Crippen molar-refractivity contribution in [2.24, 2.45) is 0 Å². The zero-order chi connectivity index (χ0) is 15.9. The Bertz CT molecular complexity index is 600. The molecule has 0 aromatic heterocycles. The van der Waals surface area contributed by atoms with Crippen LogP contribution in [-0.4, -0.2) is 23.1 Å². The monoisotopic (exact) mass is 333 g/mol. The number of thioether (sulfide) groups is 1. The first-order chi connectivity index (χ1) is 10.6. The van der Waals surface area contributed by atoms with Crippen LogP contribution in [0.3, 0.4) is 0 Å². The van der Waals surface area contributed by atoms with Gasteiger partial charge in [0.1, 0.15) is 0 Å². The number of hydrogen-bond donors (Lipinski definition) is 0. The Kier molecular flexibility index (Phi) is 6.34. The van der Waals surface area contributed by atoms with E-state index in [9.17, 15) is 4.79 Å². The SMILES string of the molecule is C[C@H](SCc1ccccc1)C(=O)N(C)Cc1ccc(Cl)cc1. The molecule has 0 aliphatic heterocycles. The number of amides is 1. The zero-order valence-electron chi connectivity index (χ0n) is 12.8. The molecule has 2 nitrogen and oxygen atoms in total. The van der Waals surface area contributed by atoms with Crippen LogP contribution in [0.25, 0.3) is 0 Å². The number of hydrogen-bond acceptors (Lipinski definition) is 2. The van der Waals surface area contributed by atoms with Crippen LogP contribution in [0.5, 0.6) is 0 Å². The van der Waals surface area contributed by atoms with E-state index in [2.05, 4.69) is 12.1 Å². The van der Waals surface area contributed by atoms with Gasteiger partial charge in [-0.25, -0.2) is 0 Å². The minimum absolute atomic E-state index is 0.0579. The Morgan fingerprint density at radius 3 is 2.36 bits per heavy atom. The molecule has 2 aromatic carbocycles. The summed E-state index contributed by atoms with van der Waals surface area (Å²) in [5.41, 5.74) is 2.33. The molecule has 0 saturated carbocycles. The first-order valence-corrected chi connectivity index (χ1v) is 8.64. The van der Waals surface area contributed by atoms with Crippen molar-refractivity contribution in [2.45, 2.75) is 24.5 Å². The van der Waals surface area contributed by atoms with E-state index in [1.807, 2.05) is 56.4 Å².